The van der Waals surface area contributed by atoms with E-state index in [1.54, 1.807) is 0 Å². The molecule has 7 nitrogen and oxygen atoms in total. The summed E-state index contributed by atoms with van der Waals surface area (Å²) in [4.78, 5) is 26.3. The number of nitrogens with zero attached hydrogens (tertiary/aromatic N) is 3. The molecule has 0 aliphatic carbocycles. The van der Waals surface area contributed by atoms with Crippen molar-refractivity contribution in [2.45, 2.75) is 0 Å². The second kappa shape index (κ2) is 2.29. The van der Waals surface area contributed by atoms with Gasteiger partial charge in [0.2, 0.25) is 5.91 Å². The van der Waals surface area contributed by atoms with Crippen molar-refractivity contribution in [2.75, 3.05) is 11.4 Å². The van der Waals surface area contributed by atoms with Crippen LogP contribution >= 0.6 is 0 Å². The fraction of sp³-hybridized carbons (Fsp3) is 0.200. The first-order valence-electron chi connectivity index (χ1n) is 3.15. The molecule has 1 saturated heterocycles. The van der Waals surface area contributed by atoms with Crippen LogP contribution in [0.3, 0.4) is 0 Å². The molecule has 0 saturated carbocycles. The fourth-order valence-electron chi connectivity index (χ4n) is 0.882. The van der Waals surface area contributed by atoms with Crippen molar-refractivity contribution in [3.63, 3.8) is 0 Å². The van der Waals surface area contributed by atoms with E-state index in [-0.39, 0.29) is 18.5 Å². The Balaban J connectivity index is 2.26. The fourth-order valence-corrected chi connectivity index (χ4v) is 0.882. The topological polar surface area (TPSA) is 88.3 Å². The molecular weight excluding hydrogens is 164 g/mol. The van der Waals surface area contributed by atoms with E-state index in [1.807, 2.05) is 0 Å². The van der Waals surface area contributed by atoms with E-state index in [9.17, 15) is 9.59 Å². The second-order valence-electron chi connectivity index (χ2n) is 2.16. The third kappa shape index (κ3) is 0.911. The lowest BCUT2D eigenvalue weighted by atomic mass is 10.6. The number of nitrogens with one attached hydrogen (secondary N) is 1. The van der Waals surface area contributed by atoms with E-state index in [0.29, 0.717) is 0 Å². The zero-order valence-corrected chi connectivity index (χ0v) is 5.85. The first-order valence-corrected chi connectivity index (χ1v) is 3.15. The van der Waals surface area contributed by atoms with Crippen molar-refractivity contribution in [3.05, 3.63) is 6.33 Å². The van der Waals surface area contributed by atoms with E-state index < -0.39 is 6.03 Å². The highest BCUT2D eigenvalue weighted by atomic mass is 16.5. The molecule has 2 heterocycles. The molecule has 0 unspecified atom stereocenters. The van der Waals surface area contributed by atoms with Gasteiger partial charge in [0.25, 0.3) is 0 Å². The van der Waals surface area contributed by atoms with E-state index in [4.69, 9.17) is 0 Å². The molecule has 0 atom stereocenters. The third-order valence-electron chi connectivity index (χ3n) is 1.37. The van der Waals surface area contributed by atoms with Gasteiger partial charge in [-0.25, -0.2) is 9.69 Å². The highest BCUT2D eigenvalue weighted by molar-refractivity contribution is 6.11. The molecule has 1 aromatic heterocycles. The van der Waals surface area contributed by atoms with Crippen molar-refractivity contribution in [3.8, 4) is 0 Å². The number of anilines is 1. The standard InChI is InChI=1S/C5H4N4O3/c10-3-1-9(4(11)8-3)5-6-2-7-12-5/h2H,1H2,(H,8,10,11). The molecule has 1 fully saturated rings. The highest BCUT2D eigenvalue weighted by Gasteiger charge is 2.31. The number of rotatable bonds is 1. The summed E-state index contributed by atoms with van der Waals surface area (Å²) >= 11 is 0. The zero-order valence-electron chi connectivity index (χ0n) is 5.85. The largest absolute Gasteiger partial charge is 0.332 e. The molecule has 3 amide bonds. The Bertz CT molecular complexity index is 319. The summed E-state index contributed by atoms with van der Waals surface area (Å²) in [6.45, 7) is -0.0684. The van der Waals surface area contributed by atoms with Gasteiger partial charge in [-0.1, -0.05) is 5.16 Å². The molecular formula is C5H4N4O3. The second-order valence-corrected chi connectivity index (χ2v) is 2.16. The van der Waals surface area contributed by atoms with E-state index >= 15 is 0 Å². The number of carbonyl (C=O) groups is 2. The normalized spacial score (nSPS) is 16.8. The van der Waals surface area contributed by atoms with Gasteiger partial charge in [-0.05, 0) is 0 Å². The lowest BCUT2D eigenvalue weighted by molar-refractivity contribution is -0.117. The van der Waals surface area contributed by atoms with Gasteiger partial charge < -0.3 is 4.52 Å². The monoisotopic (exact) mass is 168 g/mol. The summed E-state index contributed by atoms with van der Waals surface area (Å²) in [5.41, 5.74) is 0. The van der Waals surface area contributed by atoms with Gasteiger partial charge in [-0.3, -0.25) is 10.1 Å². The summed E-state index contributed by atoms with van der Waals surface area (Å²) < 4.78 is 4.59. The molecule has 0 spiro atoms. The Morgan fingerprint density at radius 1 is 1.58 bits per heavy atom. The van der Waals surface area contributed by atoms with Crippen LogP contribution in [0.25, 0.3) is 0 Å². The molecule has 0 radical (unpaired) electrons. The lowest BCUT2D eigenvalue weighted by Crippen LogP contribution is -2.28. The van der Waals surface area contributed by atoms with Crippen LogP contribution in [0.1, 0.15) is 0 Å². The van der Waals surface area contributed by atoms with Gasteiger partial charge >= 0.3 is 12.0 Å². The summed E-state index contributed by atoms with van der Waals surface area (Å²) in [5, 5.41) is 5.38. The first kappa shape index (κ1) is 6.77. The van der Waals surface area contributed by atoms with Crippen LogP contribution in [-0.2, 0) is 4.79 Å². The summed E-state index contributed by atoms with van der Waals surface area (Å²) in [6, 6.07) is -0.511. The maximum absolute atomic E-state index is 10.9. The quantitative estimate of drug-likeness (QED) is 0.550. The number of hydrogen-bond donors (Lipinski definition) is 1. The molecule has 1 aromatic rings. The van der Waals surface area contributed by atoms with Gasteiger partial charge in [0.1, 0.15) is 6.54 Å². The Morgan fingerprint density at radius 2 is 2.42 bits per heavy atom. The van der Waals surface area contributed by atoms with E-state index in [2.05, 4.69) is 20.0 Å². The molecule has 0 aromatic carbocycles. The molecule has 2 rings (SSSR count). The van der Waals surface area contributed by atoms with Crippen molar-refractivity contribution in [1.82, 2.24) is 15.5 Å². The van der Waals surface area contributed by atoms with Crippen molar-refractivity contribution < 1.29 is 14.1 Å². The number of imide groups is 1. The minimum Gasteiger partial charge on any atom is -0.315 e. The average Bonchev–Trinajstić information content (AvgIpc) is 2.58. The van der Waals surface area contributed by atoms with Crippen LogP contribution in [0.15, 0.2) is 10.9 Å². The number of carbonyl (C=O) groups excluding carboxylic acids is 2. The molecule has 12 heavy (non-hydrogen) atoms. The summed E-state index contributed by atoms with van der Waals surface area (Å²) in [7, 11) is 0. The Labute approximate surface area is 66.3 Å². The molecule has 0 bridgehead atoms. The van der Waals surface area contributed by atoms with Crippen LogP contribution in [0, 0.1) is 0 Å². The van der Waals surface area contributed by atoms with Crippen molar-refractivity contribution >= 4 is 18.0 Å². The van der Waals surface area contributed by atoms with Gasteiger partial charge in [0, 0.05) is 0 Å². The van der Waals surface area contributed by atoms with Gasteiger partial charge in [0.05, 0.1) is 0 Å². The van der Waals surface area contributed by atoms with Crippen LogP contribution in [0.4, 0.5) is 10.8 Å². The van der Waals surface area contributed by atoms with E-state index in [1.165, 1.54) is 0 Å². The van der Waals surface area contributed by atoms with Gasteiger partial charge in [-0.2, -0.15) is 4.98 Å². The zero-order chi connectivity index (χ0) is 8.55. The van der Waals surface area contributed by atoms with Gasteiger partial charge in [-0.15, -0.1) is 0 Å². The Kier molecular flexibility index (Phi) is 1.29. The SMILES string of the molecule is O=C1CN(c2ncno2)C(=O)N1. The Hall–Kier alpha value is -1.92. The van der Waals surface area contributed by atoms with Crippen LogP contribution in [0.5, 0.6) is 0 Å². The predicted octanol–water partition coefficient (Wildman–Crippen LogP) is -0.874. The maximum Gasteiger partial charge on any atom is 0.332 e. The molecule has 62 valence electrons. The van der Waals surface area contributed by atoms with E-state index in [0.717, 1.165) is 11.2 Å². The minimum absolute atomic E-state index is 0.0263. The minimum atomic E-state index is -0.538. The van der Waals surface area contributed by atoms with Crippen LogP contribution in [-0.4, -0.2) is 28.6 Å². The number of aromatic nitrogens is 2. The van der Waals surface area contributed by atoms with Crippen molar-refractivity contribution in [2.24, 2.45) is 0 Å². The smallest absolute Gasteiger partial charge is 0.315 e. The first-order chi connectivity index (χ1) is 5.77. The third-order valence-corrected chi connectivity index (χ3v) is 1.37. The molecule has 1 aliphatic rings. The van der Waals surface area contributed by atoms with Crippen LogP contribution < -0.4 is 10.2 Å². The molecule has 7 heteroatoms. The number of amides is 3. The predicted molar refractivity (Wildman–Crippen MR) is 35.2 cm³/mol. The van der Waals surface area contributed by atoms with Crippen LogP contribution in [0.2, 0.25) is 0 Å². The molecule has 1 aliphatic heterocycles. The average molecular weight is 168 g/mol. The summed E-state index contributed by atoms with van der Waals surface area (Å²) in [5.74, 6) is -0.377. The Morgan fingerprint density at radius 3 is 2.92 bits per heavy atom. The summed E-state index contributed by atoms with van der Waals surface area (Å²) in [6.07, 6.45) is 1.16. The lowest BCUT2D eigenvalue weighted by Gasteiger charge is -2.03. The number of hydrogen-bond acceptors (Lipinski definition) is 5. The molecule has 1 N–H and O–H groups in total. The maximum atomic E-state index is 10.9. The van der Waals surface area contributed by atoms with Gasteiger partial charge in [0.15, 0.2) is 6.33 Å². The van der Waals surface area contributed by atoms with Crippen molar-refractivity contribution in [1.29, 1.82) is 0 Å². The number of urea groups is 1. The highest BCUT2D eigenvalue weighted by Crippen LogP contribution is 2.10.